The fourth-order valence-corrected chi connectivity index (χ4v) is 4.93. The van der Waals surface area contributed by atoms with E-state index < -0.39 is 10.0 Å². The van der Waals surface area contributed by atoms with Gasteiger partial charge in [-0.2, -0.15) is 5.26 Å². The Morgan fingerprint density at radius 1 is 1.32 bits per heavy atom. The SMILES string of the molecule is N#Cc1cccc(CN2CC[C@@H](CNS(=O)(=O)c3cccs3)C2=O)c1. The summed E-state index contributed by atoms with van der Waals surface area (Å²) in [6, 6.07) is 12.5. The van der Waals surface area contributed by atoms with Crippen LogP contribution in [0.25, 0.3) is 0 Å². The molecule has 2 aromatic rings. The van der Waals surface area contributed by atoms with Crippen molar-refractivity contribution in [2.75, 3.05) is 13.1 Å². The van der Waals surface area contributed by atoms with E-state index in [-0.39, 0.29) is 22.6 Å². The molecule has 0 bridgehead atoms. The molecule has 1 aromatic heterocycles. The van der Waals surface area contributed by atoms with E-state index in [2.05, 4.69) is 10.8 Å². The Balaban J connectivity index is 1.59. The summed E-state index contributed by atoms with van der Waals surface area (Å²) in [5, 5.41) is 10.6. The minimum absolute atomic E-state index is 0.0590. The molecule has 1 amide bonds. The van der Waals surface area contributed by atoms with Crippen LogP contribution >= 0.6 is 11.3 Å². The van der Waals surface area contributed by atoms with Crippen molar-refractivity contribution in [3.63, 3.8) is 0 Å². The third kappa shape index (κ3) is 4.07. The molecule has 1 aliphatic heterocycles. The lowest BCUT2D eigenvalue weighted by Gasteiger charge is -2.17. The predicted octanol–water partition coefficient (Wildman–Crippen LogP) is 1.95. The number of amides is 1. The van der Waals surface area contributed by atoms with E-state index in [9.17, 15) is 13.2 Å². The van der Waals surface area contributed by atoms with Crippen LogP contribution in [-0.2, 0) is 21.4 Å². The lowest BCUT2D eigenvalue weighted by Crippen LogP contribution is -2.34. The first-order chi connectivity index (χ1) is 12.0. The van der Waals surface area contributed by atoms with Gasteiger partial charge in [0.05, 0.1) is 17.6 Å². The molecule has 25 heavy (non-hydrogen) atoms. The number of carbonyl (C=O) groups excluding carboxylic acids is 1. The van der Waals surface area contributed by atoms with Crippen molar-refractivity contribution in [3.8, 4) is 6.07 Å². The van der Waals surface area contributed by atoms with Gasteiger partial charge in [-0.3, -0.25) is 4.79 Å². The monoisotopic (exact) mass is 375 g/mol. The third-order valence-corrected chi connectivity index (χ3v) is 6.94. The number of nitrogens with zero attached hydrogens (tertiary/aromatic N) is 2. The van der Waals surface area contributed by atoms with E-state index in [1.165, 1.54) is 6.07 Å². The molecule has 1 aliphatic rings. The van der Waals surface area contributed by atoms with Crippen molar-refractivity contribution in [1.29, 1.82) is 5.26 Å². The standard InChI is InChI=1S/C17H17N3O3S2/c18-10-13-3-1-4-14(9-13)12-20-7-6-15(17(20)21)11-19-25(22,23)16-5-2-8-24-16/h1-5,8-9,15,19H,6-7,11-12H2/t15-/m0/s1. The Labute approximate surface area is 150 Å². The van der Waals surface area contributed by atoms with E-state index >= 15 is 0 Å². The second-order valence-electron chi connectivity index (χ2n) is 5.84. The third-order valence-electron chi connectivity index (χ3n) is 4.12. The molecule has 1 aromatic carbocycles. The first kappa shape index (κ1) is 17.6. The van der Waals surface area contributed by atoms with E-state index in [4.69, 9.17) is 5.26 Å². The van der Waals surface area contributed by atoms with Crippen LogP contribution in [0.2, 0.25) is 0 Å². The highest BCUT2D eigenvalue weighted by atomic mass is 32.2. The second kappa shape index (κ2) is 7.35. The van der Waals surface area contributed by atoms with Gasteiger partial charge in [-0.15, -0.1) is 11.3 Å². The molecule has 1 saturated heterocycles. The average Bonchev–Trinajstić information content (AvgIpc) is 3.25. The van der Waals surface area contributed by atoms with Gasteiger partial charge < -0.3 is 4.90 Å². The van der Waals surface area contributed by atoms with Crippen LogP contribution in [0.5, 0.6) is 0 Å². The van der Waals surface area contributed by atoms with Crippen LogP contribution in [0.15, 0.2) is 46.0 Å². The van der Waals surface area contributed by atoms with Crippen molar-refractivity contribution in [2.45, 2.75) is 17.2 Å². The zero-order valence-electron chi connectivity index (χ0n) is 13.4. The van der Waals surface area contributed by atoms with Crippen LogP contribution < -0.4 is 4.72 Å². The van der Waals surface area contributed by atoms with Crippen LogP contribution in [0.1, 0.15) is 17.5 Å². The number of sulfonamides is 1. The number of benzene rings is 1. The molecule has 0 unspecified atom stereocenters. The molecule has 0 spiro atoms. The number of nitriles is 1. The molecule has 1 N–H and O–H groups in total. The molecule has 0 radical (unpaired) electrons. The number of hydrogen-bond donors (Lipinski definition) is 1. The summed E-state index contributed by atoms with van der Waals surface area (Å²) in [6.45, 7) is 1.12. The maximum Gasteiger partial charge on any atom is 0.250 e. The predicted molar refractivity (Wildman–Crippen MR) is 94.2 cm³/mol. The largest absolute Gasteiger partial charge is 0.338 e. The number of rotatable bonds is 6. The highest BCUT2D eigenvalue weighted by Crippen LogP contribution is 2.22. The van der Waals surface area contributed by atoms with Crippen molar-refractivity contribution in [2.24, 2.45) is 5.92 Å². The first-order valence-electron chi connectivity index (χ1n) is 7.80. The molecule has 130 valence electrons. The van der Waals surface area contributed by atoms with Crippen LogP contribution in [0, 0.1) is 17.2 Å². The maximum atomic E-state index is 12.5. The molecule has 0 aliphatic carbocycles. The summed E-state index contributed by atoms with van der Waals surface area (Å²) in [7, 11) is -3.55. The Hall–Kier alpha value is -2.21. The van der Waals surface area contributed by atoms with Gasteiger partial charge in [0.1, 0.15) is 4.21 Å². The fourth-order valence-electron chi connectivity index (χ4n) is 2.81. The van der Waals surface area contributed by atoms with Gasteiger partial charge in [-0.05, 0) is 35.6 Å². The van der Waals surface area contributed by atoms with Gasteiger partial charge in [0.25, 0.3) is 0 Å². The number of nitrogens with one attached hydrogen (secondary N) is 1. The first-order valence-corrected chi connectivity index (χ1v) is 10.2. The zero-order chi connectivity index (χ0) is 17.9. The summed E-state index contributed by atoms with van der Waals surface area (Å²) < 4.78 is 27.1. The van der Waals surface area contributed by atoms with E-state index in [1.807, 2.05) is 6.07 Å². The molecule has 1 fully saturated rings. The Kier molecular flexibility index (Phi) is 5.18. The molecule has 1 atom stereocenters. The zero-order valence-corrected chi connectivity index (χ0v) is 15.0. The number of hydrogen-bond acceptors (Lipinski definition) is 5. The van der Waals surface area contributed by atoms with Crippen molar-refractivity contribution >= 4 is 27.3 Å². The van der Waals surface area contributed by atoms with Gasteiger partial charge in [-0.25, -0.2) is 13.1 Å². The quantitative estimate of drug-likeness (QED) is 0.835. The van der Waals surface area contributed by atoms with E-state index in [0.29, 0.717) is 25.1 Å². The molecular formula is C17H17N3O3S2. The van der Waals surface area contributed by atoms with Crippen LogP contribution in [0.4, 0.5) is 0 Å². The van der Waals surface area contributed by atoms with E-state index in [0.717, 1.165) is 16.9 Å². The molecule has 8 heteroatoms. The maximum absolute atomic E-state index is 12.5. The molecule has 6 nitrogen and oxygen atoms in total. The minimum Gasteiger partial charge on any atom is -0.338 e. The lowest BCUT2D eigenvalue weighted by atomic mass is 10.1. The average molecular weight is 375 g/mol. The van der Waals surface area contributed by atoms with Gasteiger partial charge in [0.2, 0.25) is 15.9 Å². The summed E-state index contributed by atoms with van der Waals surface area (Å²) in [4.78, 5) is 14.2. The van der Waals surface area contributed by atoms with Crippen molar-refractivity contribution in [1.82, 2.24) is 9.62 Å². The molecule has 0 saturated carbocycles. The summed E-state index contributed by atoms with van der Waals surface area (Å²) >= 11 is 1.15. The summed E-state index contributed by atoms with van der Waals surface area (Å²) in [6.07, 6.45) is 0.615. The number of carbonyl (C=O) groups is 1. The van der Waals surface area contributed by atoms with Gasteiger partial charge in [0, 0.05) is 19.6 Å². The summed E-state index contributed by atoms with van der Waals surface area (Å²) in [5.41, 5.74) is 1.46. The van der Waals surface area contributed by atoms with Gasteiger partial charge in [0.15, 0.2) is 0 Å². The summed E-state index contributed by atoms with van der Waals surface area (Å²) in [5.74, 6) is -0.412. The fraction of sp³-hybridized carbons (Fsp3) is 0.294. The van der Waals surface area contributed by atoms with Crippen molar-refractivity contribution in [3.05, 3.63) is 52.9 Å². The number of thiophene rings is 1. The topological polar surface area (TPSA) is 90.3 Å². The molecule has 2 heterocycles. The van der Waals surface area contributed by atoms with Crippen LogP contribution in [-0.4, -0.2) is 32.3 Å². The molecular weight excluding hydrogens is 358 g/mol. The molecule has 3 rings (SSSR count). The normalized spacial score (nSPS) is 17.6. The Morgan fingerprint density at radius 3 is 2.88 bits per heavy atom. The highest BCUT2D eigenvalue weighted by molar-refractivity contribution is 7.91. The Bertz CT molecular complexity index is 901. The number of likely N-dealkylation sites (tertiary alicyclic amines) is 1. The highest BCUT2D eigenvalue weighted by Gasteiger charge is 2.32. The smallest absolute Gasteiger partial charge is 0.250 e. The second-order valence-corrected chi connectivity index (χ2v) is 8.78. The van der Waals surface area contributed by atoms with Crippen LogP contribution in [0.3, 0.4) is 0 Å². The lowest BCUT2D eigenvalue weighted by molar-refractivity contribution is -0.131. The van der Waals surface area contributed by atoms with Gasteiger partial charge in [-0.1, -0.05) is 18.2 Å². The Morgan fingerprint density at radius 2 is 2.16 bits per heavy atom. The minimum atomic E-state index is -3.55. The van der Waals surface area contributed by atoms with E-state index in [1.54, 1.807) is 34.5 Å². The van der Waals surface area contributed by atoms with Gasteiger partial charge >= 0.3 is 0 Å². The van der Waals surface area contributed by atoms with Crippen molar-refractivity contribution < 1.29 is 13.2 Å².